The van der Waals surface area contributed by atoms with Crippen molar-refractivity contribution in [3.05, 3.63) is 24.3 Å². The van der Waals surface area contributed by atoms with Crippen LogP contribution in [0.5, 0.6) is 5.75 Å². The van der Waals surface area contributed by atoms with Crippen LogP contribution in [-0.2, 0) is 19.7 Å². The van der Waals surface area contributed by atoms with Crippen LogP contribution in [0.3, 0.4) is 0 Å². The van der Waals surface area contributed by atoms with Crippen LogP contribution < -0.4 is 9.62 Å². The van der Waals surface area contributed by atoms with Gasteiger partial charge in [-0.3, -0.25) is 0 Å². The fourth-order valence-corrected chi connectivity index (χ4v) is 3.31. The van der Waals surface area contributed by atoms with E-state index in [4.69, 9.17) is 9.57 Å². The van der Waals surface area contributed by atoms with Crippen molar-refractivity contribution in [3.63, 3.8) is 0 Å². The van der Waals surface area contributed by atoms with E-state index in [1.54, 1.807) is 13.8 Å². The van der Waals surface area contributed by atoms with Crippen molar-refractivity contribution in [2.24, 2.45) is 5.41 Å². The highest BCUT2D eigenvalue weighted by atomic mass is 32.2. The quantitative estimate of drug-likeness (QED) is 0.629. The minimum absolute atomic E-state index is 0.0131. The molecule has 130 valence electrons. The van der Waals surface area contributed by atoms with Gasteiger partial charge in [0.05, 0.1) is 10.3 Å². The Kier molecular flexibility index (Phi) is 5.86. The molecule has 1 aromatic rings. The molecule has 1 aliphatic rings. The Labute approximate surface area is 142 Å². The Morgan fingerprint density at radius 3 is 2.46 bits per heavy atom. The molecule has 7 heteroatoms. The van der Waals surface area contributed by atoms with E-state index in [0.29, 0.717) is 18.6 Å². The standard InChI is InChI=1S/C17H21NO5S/c1-3-4-13-22-14-7-9-15(10-8-14)24(20,21)18-23-16(19)17(2)11-5-6-12-17/h7-10,18H,5-6,11-13H2,1-2H3. The number of hydrogen-bond acceptors (Lipinski definition) is 5. The summed E-state index contributed by atoms with van der Waals surface area (Å²) in [5, 5.41) is 0. The summed E-state index contributed by atoms with van der Waals surface area (Å²) in [6.07, 6.45) is 3.31. The van der Waals surface area contributed by atoms with E-state index in [1.165, 1.54) is 24.3 Å². The van der Waals surface area contributed by atoms with Gasteiger partial charge in [0, 0.05) is 0 Å². The zero-order chi connectivity index (χ0) is 17.6. The first-order valence-corrected chi connectivity index (χ1v) is 9.21. The van der Waals surface area contributed by atoms with Gasteiger partial charge in [0.1, 0.15) is 12.4 Å². The molecule has 0 bridgehead atoms. The number of carbonyl (C=O) groups is 1. The summed E-state index contributed by atoms with van der Waals surface area (Å²) in [6, 6.07) is 5.79. The zero-order valence-corrected chi connectivity index (χ0v) is 14.6. The monoisotopic (exact) mass is 351 g/mol. The van der Waals surface area contributed by atoms with E-state index in [9.17, 15) is 13.2 Å². The van der Waals surface area contributed by atoms with Crippen LogP contribution >= 0.6 is 0 Å². The second-order valence-electron chi connectivity index (χ2n) is 5.93. The summed E-state index contributed by atoms with van der Waals surface area (Å²) in [5.74, 6) is 5.41. The summed E-state index contributed by atoms with van der Waals surface area (Å²) >= 11 is 0. The summed E-state index contributed by atoms with van der Waals surface area (Å²) in [7, 11) is -3.93. The van der Waals surface area contributed by atoms with E-state index in [-0.39, 0.29) is 11.5 Å². The van der Waals surface area contributed by atoms with Gasteiger partial charge < -0.3 is 9.57 Å². The Bertz CT molecular complexity index is 737. The molecule has 2 rings (SSSR count). The Morgan fingerprint density at radius 2 is 1.88 bits per heavy atom. The van der Waals surface area contributed by atoms with Crippen molar-refractivity contribution in [1.82, 2.24) is 4.89 Å². The van der Waals surface area contributed by atoms with Crippen molar-refractivity contribution < 1.29 is 22.8 Å². The third kappa shape index (κ3) is 4.49. The lowest BCUT2D eigenvalue weighted by atomic mass is 9.89. The molecule has 0 spiro atoms. The van der Waals surface area contributed by atoms with Gasteiger partial charge in [0.15, 0.2) is 0 Å². The maximum absolute atomic E-state index is 12.2. The van der Waals surface area contributed by atoms with Crippen LogP contribution in [0.1, 0.15) is 39.5 Å². The first-order valence-electron chi connectivity index (χ1n) is 7.73. The third-order valence-electron chi connectivity index (χ3n) is 4.07. The van der Waals surface area contributed by atoms with Crippen LogP contribution in [0, 0.1) is 17.3 Å². The van der Waals surface area contributed by atoms with Gasteiger partial charge in [0.2, 0.25) is 0 Å². The first-order chi connectivity index (χ1) is 11.4. The fraction of sp³-hybridized carbons (Fsp3) is 0.471. The molecule has 0 atom stereocenters. The Balaban J connectivity index is 1.96. The van der Waals surface area contributed by atoms with Crippen LogP contribution in [0.25, 0.3) is 0 Å². The maximum Gasteiger partial charge on any atom is 0.331 e. The smallest absolute Gasteiger partial charge is 0.331 e. The van der Waals surface area contributed by atoms with Crippen molar-refractivity contribution in [2.45, 2.75) is 44.4 Å². The van der Waals surface area contributed by atoms with E-state index in [0.717, 1.165) is 12.8 Å². The third-order valence-corrected chi connectivity index (χ3v) is 5.26. The predicted molar refractivity (Wildman–Crippen MR) is 88.4 cm³/mol. The van der Waals surface area contributed by atoms with E-state index in [2.05, 4.69) is 11.8 Å². The van der Waals surface area contributed by atoms with E-state index in [1.807, 2.05) is 4.89 Å². The molecule has 0 radical (unpaired) electrons. The molecule has 24 heavy (non-hydrogen) atoms. The lowest BCUT2D eigenvalue weighted by Gasteiger charge is -2.20. The minimum atomic E-state index is -3.93. The zero-order valence-electron chi connectivity index (χ0n) is 13.8. The number of benzene rings is 1. The highest BCUT2D eigenvalue weighted by Gasteiger charge is 2.38. The second-order valence-corrected chi connectivity index (χ2v) is 7.58. The summed E-state index contributed by atoms with van der Waals surface area (Å²) in [6.45, 7) is 3.73. The van der Waals surface area contributed by atoms with Crippen molar-refractivity contribution in [2.75, 3.05) is 6.61 Å². The number of nitrogens with one attached hydrogen (secondary N) is 1. The van der Waals surface area contributed by atoms with Crippen LogP contribution in [0.4, 0.5) is 0 Å². The molecule has 0 unspecified atom stereocenters. The molecular formula is C17H21NO5S. The van der Waals surface area contributed by atoms with Crippen LogP contribution in [-0.4, -0.2) is 21.0 Å². The molecule has 0 aromatic heterocycles. The number of sulfonamides is 1. The van der Waals surface area contributed by atoms with Crippen LogP contribution in [0.2, 0.25) is 0 Å². The van der Waals surface area contributed by atoms with Crippen molar-refractivity contribution >= 4 is 16.0 Å². The van der Waals surface area contributed by atoms with Gasteiger partial charge in [-0.15, -0.1) is 5.92 Å². The van der Waals surface area contributed by atoms with Crippen molar-refractivity contribution in [3.8, 4) is 17.6 Å². The molecule has 1 N–H and O–H groups in total. The van der Waals surface area contributed by atoms with Gasteiger partial charge in [0.25, 0.3) is 10.0 Å². The lowest BCUT2D eigenvalue weighted by molar-refractivity contribution is -0.158. The number of rotatable bonds is 6. The van der Waals surface area contributed by atoms with Crippen LogP contribution in [0.15, 0.2) is 29.2 Å². The molecular weight excluding hydrogens is 330 g/mol. The van der Waals surface area contributed by atoms with E-state index < -0.39 is 21.4 Å². The van der Waals surface area contributed by atoms with Gasteiger partial charge in [-0.2, -0.15) is 0 Å². The minimum Gasteiger partial charge on any atom is -0.481 e. The molecule has 0 amide bonds. The largest absolute Gasteiger partial charge is 0.481 e. The Morgan fingerprint density at radius 1 is 1.25 bits per heavy atom. The predicted octanol–water partition coefficient (Wildman–Crippen LogP) is 2.41. The highest BCUT2D eigenvalue weighted by Crippen LogP contribution is 2.38. The molecule has 6 nitrogen and oxygen atoms in total. The summed E-state index contributed by atoms with van der Waals surface area (Å²) < 4.78 is 29.7. The SMILES string of the molecule is CC#CCOc1ccc(S(=O)(=O)NOC(=O)C2(C)CCCC2)cc1. The molecule has 1 aromatic carbocycles. The topological polar surface area (TPSA) is 81.7 Å². The average molecular weight is 351 g/mol. The van der Waals surface area contributed by atoms with Gasteiger partial charge >= 0.3 is 5.97 Å². The summed E-state index contributed by atoms with van der Waals surface area (Å²) in [4.78, 5) is 18.8. The van der Waals surface area contributed by atoms with E-state index >= 15 is 0 Å². The molecule has 1 fully saturated rings. The molecule has 0 saturated heterocycles. The highest BCUT2D eigenvalue weighted by molar-refractivity contribution is 7.89. The Hall–Kier alpha value is -2.04. The fourth-order valence-electron chi connectivity index (χ4n) is 2.53. The number of ether oxygens (including phenoxy) is 1. The lowest BCUT2D eigenvalue weighted by Crippen LogP contribution is -2.34. The van der Waals surface area contributed by atoms with Gasteiger partial charge in [-0.1, -0.05) is 18.8 Å². The summed E-state index contributed by atoms with van der Waals surface area (Å²) in [5.41, 5.74) is -0.611. The van der Waals surface area contributed by atoms with Gasteiger partial charge in [-0.05, 0) is 55.8 Å². The average Bonchev–Trinajstić information content (AvgIpc) is 3.01. The number of carbonyl (C=O) groups excluding carboxylic acids is 1. The van der Waals surface area contributed by atoms with Gasteiger partial charge in [-0.25, -0.2) is 13.2 Å². The second kappa shape index (κ2) is 7.69. The first kappa shape index (κ1) is 18.3. The molecule has 0 heterocycles. The number of hydrogen-bond donors (Lipinski definition) is 1. The normalized spacial score (nSPS) is 16.1. The molecule has 1 saturated carbocycles. The molecule has 0 aliphatic heterocycles. The molecule has 1 aliphatic carbocycles. The maximum atomic E-state index is 12.2. The van der Waals surface area contributed by atoms with Crippen molar-refractivity contribution in [1.29, 1.82) is 0 Å².